The van der Waals surface area contributed by atoms with Crippen LogP contribution in [0.15, 0.2) is 89.4 Å². The van der Waals surface area contributed by atoms with Crippen molar-refractivity contribution in [2.45, 2.75) is 18.6 Å². The number of carbonyl (C=O) groups excluding carboxylic acids is 1. The summed E-state index contributed by atoms with van der Waals surface area (Å²) in [6, 6.07) is 22.4. The van der Waals surface area contributed by atoms with Crippen LogP contribution >= 0.6 is 15.9 Å². The summed E-state index contributed by atoms with van der Waals surface area (Å²) in [6.07, 6.45) is -1.07. The van der Waals surface area contributed by atoms with E-state index in [4.69, 9.17) is 14.2 Å². The summed E-state index contributed by atoms with van der Waals surface area (Å²) in [6.45, 7) is 4.29. The molecule has 3 rings (SSSR count). The molecule has 2 atom stereocenters. The smallest absolute Gasteiger partial charge is 0.333 e. The van der Waals surface area contributed by atoms with Crippen LogP contribution in [0.5, 0.6) is 11.5 Å². The van der Waals surface area contributed by atoms with Crippen molar-refractivity contribution >= 4 is 21.9 Å². The fourth-order valence-corrected chi connectivity index (χ4v) is 3.98. The van der Waals surface area contributed by atoms with Gasteiger partial charge in [-0.05, 0) is 34.9 Å². The van der Waals surface area contributed by atoms with Gasteiger partial charge < -0.3 is 19.3 Å². The van der Waals surface area contributed by atoms with Gasteiger partial charge in [0.25, 0.3) is 0 Å². The van der Waals surface area contributed by atoms with Gasteiger partial charge in [0.2, 0.25) is 0 Å². The fraction of sp³-hybridized carbons (Fsp3) is 0.192. The topological polar surface area (TPSA) is 65.0 Å². The number of aliphatic hydroxyl groups is 1. The molecule has 32 heavy (non-hydrogen) atoms. The van der Waals surface area contributed by atoms with Gasteiger partial charge in [0, 0.05) is 16.0 Å². The molecular formula is C26H25BrO5. The van der Waals surface area contributed by atoms with E-state index in [1.165, 1.54) is 7.11 Å². The average molecular weight is 497 g/mol. The second kappa shape index (κ2) is 11.0. The van der Waals surface area contributed by atoms with E-state index in [2.05, 4.69) is 22.5 Å². The van der Waals surface area contributed by atoms with Crippen molar-refractivity contribution in [1.29, 1.82) is 0 Å². The SMILES string of the molecule is C=C(C(=O)OC)[C@@H](c1ccccc1Br)[C@H](O)c1ccc(OCc2ccccc2)c(OC)c1. The molecule has 0 unspecified atom stereocenters. The van der Waals surface area contributed by atoms with E-state index in [1.54, 1.807) is 25.3 Å². The molecule has 0 heterocycles. The van der Waals surface area contributed by atoms with Crippen molar-refractivity contribution < 1.29 is 24.1 Å². The summed E-state index contributed by atoms with van der Waals surface area (Å²) in [5, 5.41) is 11.3. The lowest BCUT2D eigenvalue weighted by Gasteiger charge is -2.26. The lowest BCUT2D eigenvalue weighted by atomic mass is 9.83. The Kier molecular flexibility index (Phi) is 8.09. The van der Waals surface area contributed by atoms with Gasteiger partial charge in [0.15, 0.2) is 11.5 Å². The zero-order valence-corrected chi connectivity index (χ0v) is 19.5. The lowest BCUT2D eigenvalue weighted by Crippen LogP contribution is -2.19. The molecule has 0 aliphatic carbocycles. The first-order valence-electron chi connectivity index (χ1n) is 10.0. The van der Waals surface area contributed by atoms with Gasteiger partial charge in [-0.2, -0.15) is 0 Å². The summed E-state index contributed by atoms with van der Waals surface area (Å²) in [7, 11) is 2.83. The molecule has 0 saturated heterocycles. The Bertz CT molecular complexity index is 1080. The van der Waals surface area contributed by atoms with Gasteiger partial charge in [0.1, 0.15) is 6.61 Å². The molecule has 3 aromatic carbocycles. The summed E-state index contributed by atoms with van der Waals surface area (Å²) in [5.74, 6) is -0.276. The van der Waals surface area contributed by atoms with Crippen LogP contribution in [0.2, 0.25) is 0 Å². The molecule has 5 nitrogen and oxygen atoms in total. The highest BCUT2D eigenvalue weighted by molar-refractivity contribution is 9.10. The van der Waals surface area contributed by atoms with Crippen molar-refractivity contribution in [1.82, 2.24) is 0 Å². The molecule has 3 aromatic rings. The molecular weight excluding hydrogens is 472 g/mol. The van der Waals surface area contributed by atoms with Gasteiger partial charge >= 0.3 is 5.97 Å². The maximum absolute atomic E-state index is 12.3. The monoisotopic (exact) mass is 496 g/mol. The number of carbonyl (C=O) groups is 1. The summed E-state index contributed by atoms with van der Waals surface area (Å²) >= 11 is 3.51. The number of hydrogen-bond acceptors (Lipinski definition) is 5. The molecule has 1 N–H and O–H groups in total. The van der Waals surface area contributed by atoms with Crippen molar-refractivity contribution in [2.75, 3.05) is 14.2 Å². The Morgan fingerprint density at radius 2 is 1.69 bits per heavy atom. The normalized spacial score (nSPS) is 12.5. The number of esters is 1. The van der Waals surface area contributed by atoms with Crippen LogP contribution in [-0.2, 0) is 16.1 Å². The third kappa shape index (κ3) is 5.39. The minimum Gasteiger partial charge on any atom is -0.493 e. The van der Waals surface area contributed by atoms with E-state index >= 15 is 0 Å². The van der Waals surface area contributed by atoms with E-state index in [9.17, 15) is 9.90 Å². The Morgan fingerprint density at radius 3 is 2.34 bits per heavy atom. The molecule has 0 aliphatic rings. The Morgan fingerprint density at radius 1 is 1.00 bits per heavy atom. The number of rotatable bonds is 9. The van der Waals surface area contributed by atoms with E-state index in [0.29, 0.717) is 23.7 Å². The molecule has 0 spiro atoms. The van der Waals surface area contributed by atoms with Gasteiger partial charge in [-0.15, -0.1) is 0 Å². The van der Waals surface area contributed by atoms with Crippen LogP contribution in [0, 0.1) is 0 Å². The molecule has 0 aromatic heterocycles. The highest BCUT2D eigenvalue weighted by Crippen LogP contribution is 2.42. The maximum Gasteiger partial charge on any atom is 0.333 e. The molecule has 0 aliphatic heterocycles. The number of ether oxygens (including phenoxy) is 3. The van der Waals surface area contributed by atoms with Gasteiger partial charge in [-0.25, -0.2) is 4.79 Å². The number of methoxy groups -OCH3 is 2. The van der Waals surface area contributed by atoms with Crippen molar-refractivity contribution in [3.05, 3.63) is 106 Å². The summed E-state index contributed by atoms with van der Waals surface area (Å²) in [5.41, 5.74) is 2.45. The van der Waals surface area contributed by atoms with E-state index < -0.39 is 18.0 Å². The largest absolute Gasteiger partial charge is 0.493 e. The number of halogens is 1. The van der Waals surface area contributed by atoms with E-state index in [-0.39, 0.29) is 5.57 Å². The van der Waals surface area contributed by atoms with Gasteiger partial charge in [-0.3, -0.25) is 0 Å². The minimum absolute atomic E-state index is 0.148. The molecule has 0 amide bonds. The third-order valence-electron chi connectivity index (χ3n) is 5.15. The van der Waals surface area contributed by atoms with Crippen LogP contribution in [0.25, 0.3) is 0 Å². The fourth-order valence-electron chi connectivity index (χ4n) is 3.45. The Labute approximate surface area is 196 Å². The molecule has 6 heteroatoms. The second-order valence-corrected chi connectivity index (χ2v) is 8.00. The zero-order chi connectivity index (χ0) is 23.1. The second-order valence-electron chi connectivity index (χ2n) is 7.15. The molecule has 0 radical (unpaired) electrons. The average Bonchev–Trinajstić information content (AvgIpc) is 2.83. The van der Waals surface area contributed by atoms with E-state index in [1.807, 2.05) is 54.6 Å². The molecule has 0 fully saturated rings. The highest BCUT2D eigenvalue weighted by Gasteiger charge is 2.31. The Hall–Kier alpha value is -3.09. The Balaban J connectivity index is 1.92. The van der Waals surface area contributed by atoms with Crippen LogP contribution in [0.3, 0.4) is 0 Å². The third-order valence-corrected chi connectivity index (χ3v) is 5.87. The first kappa shape index (κ1) is 23.6. The molecule has 0 saturated carbocycles. The first-order chi connectivity index (χ1) is 15.5. The number of aliphatic hydroxyl groups excluding tert-OH is 1. The van der Waals surface area contributed by atoms with E-state index in [0.717, 1.165) is 15.6 Å². The van der Waals surface area contributed by atoms with Crippen molar-refractivity contribution in [3.8, 4) is 11.5 Å². The first-order valence-corrected chi connectivity index (χ1v) is 10.8. The summed E-state index contributed by atoms with van der Waals surface area (Å²) < 4.78 is 17.0. The number of hydrogen-bond donors (Lipinski definition) is 1. The standard InChI is InChI=1S/C26H25BrO5/c1-17(26(29)31-3)24(20-11-7-8-12-21(20)27)25(28)19-13-14-22(23(15-19)30-2)32-16-18-9-5-4-6-10-18/h4-15,24-25,28H,1,16H2,2-3H3/t24-,25+/m0/s1. The summed E-state index contributed by atoms with van der Waals surface area (Å²) in [4.78, 5) is 12.3. The van der Waals surface area contributed by atoms with Crippen molar-refractivity contribution in [3.63, 3.8) is 0 Å². The van der Waals surface area contributed by atoms with Crippen LogP contribution in [0.4, 0.5) is 0 Å². The predicted molar refractivity (Wildman–Crippen MR) is 127 cm³/mol. The number of benzene rings is 3. The lowest BCUT2D eigenvalue weighted by molar-refractivity contribution is -0.136. The quantitative estimate of drug-likeness (QED) is 0.309. The van der Waals surface area contributed by atoms with Crippen LogP contribution < -0.4 is 9.47 Å². The minimum atomic E-state index is -1.07. The van der Waals surface area contributed by atoms with Gasteiger partial charge in [-0.1, -0.05) is 77.1 Å². The van der Waals surface area contributed by atoms with Crippen LogP contribution in [0.1, 0.15) is 28.7 Å². The maximum atomic E-state index is 12.3. The van der Waals surface area contributed by atoms with Crippen LogP contribution in [-0.4, -0.2) is 25.3 Å². The molecule has 0 bridgehead atoms. The predicted octanol–water partition coefficient (Wildman–Crippen LogP) is 5.58. The van der Waals surface area contributed by atoms with Crippen molar-refractivity contribution in [2.24, 2.45) is 0 Å². The van der Waals surface area contributed by atoms with Gasteiger partial charge in [0.05, 0.1) is 20.3 Å². The highest BCUT2D eigenvalue weighted by atomic mass is 79.9. The zero-order valence-electron chi connectivity index (χ0n) is 18.0. The molecule has 166 valence electrons.